The van der Waals surface area contributed by atoms with Crippen molar-refractivity contribution in [1.82, 2.24) is 15.3 Å². The molecule has 112 valence electrons. The largest absolute Gasteiger partial charge is 0.305 e. The molecular formula is C12H15N5O3S. The van der Waals surface area contributed by atoms with Crippen LogP contribution in [0.25, 0.3) is 0 Å². The summed E-state index contributed by atoms with van der Waals surface area (Å²) in [5.41, 5.74) is 0.652. The number of anilines is 2. The molecule has 2 heterocycles. The fourth-order valence-electron chi connectivity index (χ4n) is 1.56. The summed E-state index contributed by atoms with van der Waals surface area (Å²) in [5, 5.41) is 12.9. The normalized spacial score (nSPS) is 10.7. The zero-order valence-corrected chi connectivity index (χ0v) is 12.9. The molecule has 2 aromatic heterocycles. The summed E-state index contributed by atoms with van der Waals surface area (Å²) < 4.78 is 4.52. The molecule has 8 nitrogen and oxygen atoms in total. The molecule has 21 heavy (non-hydrogen) atoms. The van der Waals surface area contributed by atoms with E-state index in [4.69, 9.17) is 0 Å². The number of carbonyl (C=O) groups excluding carboxylic acids is 2. The van der Waals surface area contributed by atoms with Crippen molar-refractivity contribution in [3.05, 3.63) is 15.6 Å². The van der Waals surface area contributed by atoms with E-state index in [1.807, 2.05) is 13.8 Å². The van der Waals surface area contributed by atoms with Crippen LogP contribution in [0.4, 0.5) is 11.6 Å². The van der Waals surface area contributed by atoms with E-state index >= 15 is 0 Å². The summed E-state index contributed by atoms with van der Waals surface area (Å²) in [5.74, 6) is -0.313. The molecule has 0 unspecified atom stereocenters. The Kier molecular flexibility index (Phi) is 4.32. The van der Waals surface area contributed by atoms with Crippen molar-refractivity contribution in [2.24, 2.45) is 0 Å². The number of nitrogens with zero attached hydrogens (tertiary/aromatic N) is 3. The highest BCUT2D eigenvalue weighted by Crippen LogP contribution is 2.26. The fraction of sp³-hybridized carbons (Fsp3) is 0.417. The zero-order chi connectivity index (χ0) is 15.6. The van der Waals surface area contributed by atoms with Crippen molar-refractivity contribution >= 4 is 34.8 Å². The van der Waals surface area contributed by atoms with Crippen molar-refractivity contribution < 1.29 is 14.2 Å². The third-order valence-corrected chi connectivity index (χ3v) is 3.98. The molecule has 0 saturated carbocycles. The van der Waals surface area contributed by atoms with Crippen molar-refractivity contribution in [1.29, 1.82) is 0 Å². The van der Waals surface area contributed by atoms with E-state index in [1.54, 1.807) is 6.92 Å². The van der Waals surface area contributed by atoms with Gasteiger partial charge in [0, 0.05) is 12.8 Å². The van der Waals surface area contributed by atoms with Gasteiger partial charge in [0.15, 0.2) is 0 Å². The summed E-state index contributed by atoms with van der Waals surface area (Å²) in [6.07, 6.45) is 0. The molecule has 2 rings (SSSR count). The maximum Gasteiger partial charge on any atom is 0.269 e. The number of aryl methyl sites for hydroxylation is 1. The Labute approximate surface area is 124 Å². The van der Waals surface area contributed by atoms with E-state index in [2.05, 4.69) is 30.6 Å². The number of hydrogen-bond donors (Lipinski definition) is 2. The highest BCUT2D eigenvalue weighted by Gasteiger charge is 2.20. The van der Waals surface area contributed by atoms with Crippen LogP contribution in [0.5, 0.6) is 0 Å². The van der Waals surface area contributed by atoms with E-state index in [1.165, 1.54) is 18.3 Å². The van der Waals surface area contributed by atoms with Crippen molar-refractivity contribution in [2.75, 3.05) is 10.6 Å². The summed E-state index contributed by atoms with van der Waals surface area (Å²) in [4.78, 5) is 28.1. The Morgan fingerprint density at radius 1 is 1.19 bits per heavy atom. The first-order valence-electron chi connectivity index (χ1n) is 6.27. The van der Waals surface area contributed by atoms with Crippen LogP contribution in [0.3, 0.4) is 0 Å². The molecular weight excluding hydrogens is 294 g/mol. The third kappa shape index (κ3) is 3.43. The summed E-state index contributed by atoms with van der Waals surface area (Å²) in [6.45, 7) is 7.11. The van der Waals surface area contributed by atoms with Gasteiger partial charge in [0.05, 0.1) is 10.7 Å². The lowest BCUT2D eigenvalue weighted by Crippen LogP contribution is -2.15. The predicted molar refractivity (Wildman–Crippen MR) is 77.5 cm³/mol. The van der Waals surface area contributed by atoms with Gasteiger partial charge in [0.2, 0.25) is 17.5 Å². The van der Waals surface area contributed by atoms with Gasteiger partial charge in [-0.05, 0) is 17.2 Å². The van der Waals surface area contributed by atoms with Crippen molar-refractivity contribution in [2.45, 2.75) is 33.6 Å². The Bertz CT molecular complexity index is 676. The van der Waals surface area contributed by atoms with Crippen LogP contribution in [0.2, 0.25) is 0 Å². The second kappa shape index (κ2) is 6.00. The number of rotatable bonds is 4. The summed E-state index contributed by atoms with van der Waals surface area (Å²) in [6, 6.07) is 0. The molecule has 0 radical (unpaired) electrons. The molecule has 0 aliphatic carbocycles. The van der Waals surface area contributed by atoms with Gasteiger partial charge in [-0.1, -0.05) is 13.8 Å². The minimum absolute atomic E-state index is 0.0640. The zero-order valence-electron chi connectivity index (χ0n) is 12.1. The molecule has 0 atom stereocenters. The van der Waals surface area contributed by atoms with Gasteiger partial charge < -0.3 is 5.32 Å². The molecule has 0 spiro atoms. The van der Waals surface area contributed by atoms with Crippen LogP contribution < -0.4 is 10.6 Å². The average molecular weight is 309 g/mol. The second-order valence-corrected chi connectivity index (χ2v) is 5.75. The Balaban J connectivity index is 2.18. The number of carbonyl (C=O) groups is 2. The Morgan fingerprint density at radius 3 is 2.33 bits per heavy atom. The van der Waals surface area contributed by atoms with Gasteiger partial charge in [0.1, 0.15) is 4.88 Å². The van der Waals surface area contributed by atoms with Crippen LogP contribution in [0.15, 0.2) is 4.63 Å². The monoisotopic (exact) mass is 309 g/mol. The van der Waals surface area contributed by atoms with E-state index in [0.29, 0.717) is 10.6 Å². The smallest absolute Gasteiger partial charge is 0.269 e. The molecule has 0 saturated heterocycles. The first kappa shape index (κ1) is 15.1. The van der Waals surface area contributed by atoms with Gasteiger partial charge >= 0.3 is 0 Å². The lowest BCUT2D eigenvalue weighted by Gasteiger charge is -2.01. The van der Waals surface area contributed by atoms with E-state index < -0.39 is 0 Å². The quantitative estimate of drug-likeness (QED) is 0.895. The SMILES string of the molecule is CC(=O)Nc1nonc1NC(=O)c1sc(C(C)C)nc1C. The van der Waals surface area contributed by atoms with Gasteiger partial charge in [-0.15, -0.1) is 11.3 Å². The van der Waals surface area contributed by atoms with Gasteiger partial charge in [0.25, 0.3) is 5.91 Å². The highest BCUT2D eigenvalue weighted by atomic mass is 32.1. The number of thiazole rings is 1. The number of aromatic nitrogens is 3. The standard InChI is InChI=1S/C12H15N5O3S/c1-5(2)12-13-6(3)8(21-12)11(19)15-10-9(14-7(4)18)16-20-17-10/h5H,1-4H3,(H,14,16,18)(H,15,17,19). The topological polar surface area (TPSA) is 110 Å². The fourth-order valence-corrected chi connectivity index (χ4v) is 2.52. The minimum Gasteiger partial charge on any atom is -0.305 e. The molecule has 9 heteroatoms. The molecule has 0 bridgehead atoms. The average Bonchev–Trinajstić information content (AvgIpc) is 2.96. The van der Waals surface area contributed by atoms with E-state index in [-0.39, 0.29) is 29.4 Å². The van der Waals surface area contributed by atoms with Crippen molar-refractivity contribution in [3.63, 3.8) is 0 Å². The summed E-state index contributed by atoms with van der Waals surface area (Å²) in [7, 11) is 0. The van der Waals surface area contributed by atoms with Gasteiger partial charge in [-0.2, -0.15) is 0 Å². The van der Waals surface area contributed by atoms with Gasteiger partial charge in [-0.25, -0.2) is 9.61 Å². The first-order chi connectivity index (χ1) is 9.88. The molecule has 2 N–H and O–H groups in total. The molecule has 2 amide bonds. The van der Waals surface area contributed by atoms with Crippen LogP contribution in [0, 0.1) is 6.92 Å². The van der Waals surface area contributed by atoms with Crippen LogP contribution >= 0.6 is 11.3 Å². The van der Waals surface area contributed by atoms with Gasteiger partial charge in [-0.3, -0.25) is 14.9 Å². The van der Waals surface area contributed by atoms with Crippen LogP contribution in [-0.4, -0.2) is 27.1 Å². The Morgan fingerprint density at radius 2 is 1.81 bits per heavy atom. The molecule has 2 aromatic rings. The number of nitrogens with one attached hydrogen (secondary N) is 2. The van der Waals surface area contributed by atoms with E-state index in [9.17, 15) is 9.59 Å². The number of amides is 2. The van der Waals surface area contributed by atoms with Crippen LogP contribution in [-0.2, 0) is 4.79 Å². The summed E-state index contributed by atoms with van der Waals surface area (Å²) >= 11 is 1.33. The van der Waals surface area contributed by atoms with Crippen molar-refractivity contribution in [3.8, 4) is 0 Å². The maximum absolute atomic E-state index is 12.2. The van der Waals surface area contributed by atoms with E-state index in [0.717, 1.165) is 5.01 Å². The lowest BCUT2D eigenvalue weighted by atomic mass is 10.2. The van der Waals surface area contributed by atoms with Crippen LogP contribution in [0.1, 0.15) is 47.1 Å². The molecule has 0 fully saturated rings. The highest BCUT2D eigenvalue weighted by molar-refractivity contribution is 7.14. The molecule has 0 aliphatic heterocycles. The lowest BCUT2D eigenvalue weighted by molar-refractivity contribution is -0.114. The molecule has 0 aliphatic rings. The minimum atomic E-state index is -0.362. The maximum atomic E-state index is 12.2. The first-order valence-corrected chi connectivity index (χ1v) is 7.09. The number of hydrogen-bond acceptors (Lipinski definition) is 7. The second-order valence-electron chi connectivity index (χ2n) is 4.72. The Hall–Kier alpha value is -2.29. The molecule has 0 aromatic carbocycles. The third-order valence-electron chi connectivity index (χ3n) is 2.53. The predicted octanol–water partition coefficient (Wildman–Crippen LogP) is 2.17.